The highest BCUT2D eigenvalue weighted by molar-refractivity contribution is 5.96. The maximum Gasteiger partial charge on any atom is 0.251 e. The SMILES string of the molecule is CNC(=O)c1cccc(-c2ccc3nc(N)nc(OCC4CC4)c3c2)c1. The van der Waals surface area contributed by atoms with E-state index in [0.29, 0.717) is 24.0 Å². The molecular formula is C20H20N4O2. The van der Waals surface area contributed by atoms with Crippen LogP contribution in [0.2, 0.25) is 0 Å². The summed E-state index contributed by atoms with van der Waals surface area (Å²) in [6.45, 7) is 0.655. The van der Waals surface area contributed by atoms with E-state index >= 15 is 0 Å². The molecule has 0 unspecified atom stereocenters. The molecule has 26 heavy (non-hydrogen) atoms. The Hall–Kier alpha value is -3.15. The highest BCUT2D eigenvalue weighted by Crippen LogP contribution is 2.33. The zero-order chi connectivity index (χ0) is 18.1. The second-order valence-corrected chi connectivity index (χ2v) is 6.53. The number of carbonyl (C=O) groups excluding carboxylic acids is 1. The quantitative estimate of drug-likeness (QED) is 0.740. The molecule has 6 nitrogen and oxygen atoms in total. The molecule has 1 aliphatic rings. The van der Waals surface area contributed by atoms with Gasteiger partial charge in [-0.2, -0.15) is 4.98 Å². The molecule has 3 N–H and O–H groups in total. The molecule has 6 heteroatoms. The first-order valence-corrected chi connectivity index (χ1v) is 8.66. The van der Waals surface area contributed by atoms with E-state index in [-0.39, 0.29) is 11.9 Å². The molecule has 1 fully saturated rings. The summed E-state index contributed by atoms with van der Waals surface area (Å²) in [7, 11) is 1.62. The van der Waals surface area contributed by atoms with Crippen molar-refractivity contribution in [2.24, 2.45) is 5.92 Å². The van der Waals surface area contributed by atoms with Crippen molar-refractivity contribution >= 4 is 22.8 Å². The first-order chi connectivity index (χ1) is 12.6. The van der Waals surface area contributed by atoms with E-state index in [1.54, 1.807) is 13.1 Å². The fourth-order valence-electron chi connectivity index (χ4n) is 2.87. The summed E-state index contributed by atoms with van der Waals surface area (Å²) in [5.41, 5.74) is 9.09. The number of amides is 1. The smallest absolute Gasteiger partial charge is 0.251 e. The van der Waals surface area contributed by atoms with Crippen LogP contribution in [0.1, 0.15) is 23.2 Å². The third kappa shape index (κ3) is 3.31. The van der Waals surface area contributed by atoms with Gasteiger partial charge in [0.1, 0.15) is 0 Å². The summed E-state index contributed by atoms with van der Waals surface area (Å²) >= 11 is 0. The lowest BCUT2D eigenvalue weighted by Gasteiger charge is -2.10. The number of hydrogen-bond acceptors (Lipinski definition) is 5. The Morgan fingerprint density at radius 2 is 2.00 bits per heavy atom. The van der Waals surface area contributed by atoms with Gasteiger partial charge in [-0.3, -0.25) is 4.79 Å². The number of nitrogens with one attached hydrogen (secondary N) is 1. The number of carbonyl (C=O) groups is 1. The van der Waals surface area contributed by atoms with Crippen LogP contribution < -0.4 is 15.8 Å². The normalized spacial score (nSPS) is 13.6. The number of benzene rings is 2. The predicted molar refractivity (Wildman–Crippen MR) is 101 cm³/mol. The van der Waals surface area contributed by atoms with Crippen molar-refractivity contribution < 1.29 is 9.53 Å². The zero-order valence-electron chi connectivity index (χ0n) is 14.5. The van der Waals surface area contributed by atoms with Crippen LogP contribution in [0.3, 0.4) is 0 Å². The van der Waals surface area contributed by atoms with Gasteiger partial charge in [0.25, 0.3) is 5.91 Å². The van der Waals surface area contributed by atoms with E-state index in [0.717, 1.165) is 22.0 Å². The van der Waals surface area contributed by atoms with Crippen LogP contribution in [0.25, 0.3) is 22.0 Å². The number of hydrogen-bond donors (Lipinski definition) is 2. The summed E-state index contributed by atoms with van der Waals surface area (Å²) in [6.07, 6.45) is 2.41. The number of aromatic nitrogens is 2. The predicted octanol–water partition coefficient (Wildman–Crippen LogP) is 3.03. The summed E-state index contributed by atoms with van der Waals surface area (Å²) in [4.78, 5) is 20.5. The summed E-state index contributed by atoms with van der Waals surface area (Å²) in [6, 6.07) is 13.3. The highest BCUT2D eigenvalue weighted by atomic mass is 16.5. The molecule has 0 saturated heterocycles. The van der Waals surface area contributed by atoms with Crippen LogP contribution in [-0.4, -0.2) is 29.5 Å². The summed E-state index contributed by atoms with van der Waals surface area (Å²) < 4.78 is 5.90. The largest absolute Gasteiger partial charge is 0.477 e. The molecule has 4 rings (SSSR count). The van der Waals surface area contributed by atoms with Crippen LogP contribution in [0.15, 0.2) is 42.5 Å². The van der Waals surface area contributed by atoms with E-state index in [2.05, 4.69) is 15.3 Å². The molecule has 0 bridgehead atoms. The number of anilines is 1. The second kappa shape index (κ2) is 6.63. The fourth-order valence-corrected chi connectivity index (χ4v) is 2.87. The van der Waals surface area contributed by atoms with Gasteiger partial charge in [0.2, 0.25) is 11.8 Å². The van der Waals surface area contributed by atoms with E-state index in [9.17, 15) is 4.79 Å². The number of nitrogens with two attached hydrogens (primary N) is 1. The fraction of sp³-hybridized carbons (Fsp3) is 0.250. The topological polar surface area (TPSA) is 90.1 Å². The molecule has 1 aromatic heterocycles. The molecule has 1 heterocycles. The lowest BCUT2D eigenvalue weighted by molar-refractivity contribution is 0.0963. The van der Waals surface area contributed by atoms with Crippen LogP contribution in [0, 0.1) is 5.92 Å². The molecule has 0 atom stereocenters. The Labute approximate surface area is 151 Å². The van der Waals surface area contributed by atoms with Crippen LogP contribution in [0.5, 0.6) is 5.88 Å². The minimum absolute atomic E-state index is 0.114. The van der Waals surface area contributed by atoms with Crippen molar-refractivity contribution in [2.45, 2.75) is 12.8 Å². The van der Waals surface area contributed by atoms with Gasteiger partial charge in [-0.05, 0) is 54.2 Å². The number of fused-ring (bicyclic) bond motifs is 1. The molecule has 1 amide bonds. The Bertz CT molecular complexity index is 983. The molecule has 2 aromatic carbocycles. The lowest BCUT2D eigenvalue weighted by atomic mass is 10.0. The Morgan fingerprint density at radius 1 is 1.19 bits per heavy atom. The molecule has 3 aromatic rings. The van der Waals surface area contributed by atoms with Gasteiger partial charge in [-0.25, -0.2) is 4.98 Å². The van der Waals surface area contributed by atoms with Crippen molar-refractivity contribution in [1.82, 2.24) is 15.3 Å². The second-order valence-electron chi connectivity index (χ2n) is 6.53. The minimum atomic E-state index is -0.114. The molecule has 0 radical (unpaired) electrons. The van der Waals surface area contributed by atoms with Gasteiger partial charge in [0.05, 0.1) is 17.5 Å². The average Bonchev–Trinajstić information content (AvgIpc) is 3.49. The Balaban J connectivity index is 1.75. The third-order valence-corrected chi connectivity index (χ3v) is 4.52. The van der Waals surface area contributed by atoms with E-state index in [1.165, 1.54) is 12.8 Å². The van der Waals surface area contributed by atoms with Crippen molar-refractivity contribution in [3.63, 3.8) is 0 Å². The Kier molecular flexibility index (Phi) is 4.16. The van der Waals surface area contributed by atoms with Gasteiger partial charge in [0.15, 0.2) is 0 Å². The number of rotatable bonds is 5. The van der Waals surface area contributed by atoms with E-state index < -0.39 is 0 Å². The maximum absolute atomic E-state index is 11.9. The van der Waals surface area contributed by atoms with Gasteiger partial charge in [-0.15, -0.1) is 0 Å². The van der Waals surface area contributed by atoms with Crippen LogP contribution in [0.4, 0.5) is 5.95 Å². The maximum atomic E-state index is 11.9. The van der Waals surface area contributed by atoms with E-state index in [4.69, 9.17) is 10.5 Å². The lowest BCUT2D eigenvalue weighted by Crippen LogP contribution is -2.17. The summed E-state index contributed by atoms with van der Waals surface area (Å²) in [5, 5.41) is 3.47. The van der Waals surface area contributed by atoms with Crippen LogP contribution in [-0.2, 0) is 0 Å². The van der Waals surface area contributed by atoms with Gasteiger partial charge >= 0.3 is 0 Å². The number of nitrogen functional groups attached to an aromatic ring is 1. The zero-order valence-corrected chi connectivity index (χ0v) is 14.5. The molecule has 1 saturated carbocycles. The van der Waals surface area contributed by atoms with Crippen molar-refractivity contribution in [1.29, 1.82) is 0 Å². The molecule has 1 aliphatic carbocycles. The van der Waals surface area contributed by atoms with Crippen molar-refractivity contribution in [3.8, 4) is 17.0 Å². The van der Waals surface area contributed by atoms with Crippen molar-refractivity contribution in [3.05, 3.63) is 48.0 Å². The Morgan fingerprint density at radius 3 is 2.77 bits per heavy atom. The number of ether oxygens (including phenoxy) is 1. The monoisotopic (exact) mass is 348 g/mol. The third-order valence-electron chi connectivity index (χ3n) is 4.52. The average molecular weight is 348 g/mol. The standard InChI is InChI=1S/C20H20N4O2/c1-22-18(25)15-4-2-3-13(9-15)14-7-8-17-16(10-14)19(24-20(21)23-17)26-11-12-5-6-12/h2-4,7-10,12H,5-6,11H2,1H3,(H,22,25)(H2,21,23,24). The first-order valence-electron chi connectivity index (χ1n) is 8.66. The molecule has 0 spiro atoms. The van der Waals surface area contributed by atoms with Gasteiger partial charge in [-0.1, -0.05) is 18.2 Å². The van der Waals surface area contributed by atoms with Crippen molar-refractivity contribution in [2.75, 3.05) is 19.4 Å². The minimum Gasteiger partial charge on any atom is -0.477 e. The first kappa shape index (κ1) is 16.3. The highest BCUT2D eigenvalue weighted by Gasteiger charge is 2.23. The number of nitrogens with zero attached hydrogens (tertiary/aromatic N) is 2. The summed E-state index contributed by atoms with van der Waals surface area (Å²) in [5.74, 6) is 1.23. The van der Waals surface area contributed by atoms with Gasteiger partial charge < -0.3 is 15.8 Å². The molecular weight excluding hydrogens is 328 g/mol. The van der Waals surface area contributed by atoms with Gasteiger partial charge in [0, 0.05) is 12.6 Å². The van der Waals surface area contributed by atoms with E-state index in [1.807, 2.05) is 36.4 Å². The molecule has 0 aliphatic heterocycles. The molecule has 132 valence electrons. The van der Waals surface area contributed by atoms with Crippen LogP contribution >= 0.6 is 0 Å².